The number of hydrogen-bond donors (Lipinski definition) is 0. The quantitative estimate of drug-likeness (QED) is 0.417. The van der Waals surface area contributed by atoms with Gasteiger partial charge >= 0.3 is 6.36 Å². The Morgan fingerprint density at radius 1 is 0.789 bits per heavy atom. The van der Waals surface area contributed by atoms with Crippen LogP contribution < -0.4 is 0 Å². The molecule has 19 heavy (non-hydrogen) atoms. The van der Waals surface area contributed by atoms with E-state index in [0.717, 1.165) is 32.1 Å². The van der Waals surface area contributed by atoms with Crippen LogP contribution in [0.1, 0.15) is 78.6 Å². The fraction of sp³-hybridized carbons (Fsp3) is 1.00. The molecule has 1 unspecified atom stereocenters. The van der Waals surface area contributed by atoms with Gasteiger partial charge in [-0.25, -0.2) is 0 Å². The fourth-order valence-corrected chi connectivity index (χ4v) is 2.37. The number of halogens is 3. The molecule has 0 aromatic carbocycles. The maximum absolute atomic E-state index is 12.0. The van der Waals surface area contributed by atoms with Crippen LogP contribution in [-0.2, 0) is 4.74 Å². The highest BCUT2D eigenvalue weighted by molar-refractivity contribution is 4.74. The topological polar surface area (TPSA) is 9.23 Å². The van der Waals surface area contributed by atoms with Gasteiger partial charge in [-0.3, -0.25) is 4.74 Å². The lowest BCUT2D eigenvalue weighted by Gasteiger charge is -2.30. The molecule has 1 nitrogen and oxygen atoms in total. The third kappa shape index (κ3) is 11.3. The number of ether oxygens (including phenoxy) is 1. The van der Waals surface area contributed by atoms with Gasteiger partial charge in [0, 0.05) is 0 Å². The first kappa shape index (κ1) is 18.8. The molecule has 0 aliphatic carbocycles. The molecule has 0 fully saturated rings. The van der Waals surface area contributed by atoms with E-state index in [0.29, 0.717) is 6.42 Å². The molecule has 1 atom stereocenters. The van der Waals surface area contributed by atoms with Crippen LogP contribution in [0.25, 0.3) is 0 Å². The van der Waals surface area contributed by atoms with E-state index in [2.05, 4.69) is 25.5 Å². The highest BCUT2D eigenvalue weighted by atomic mass is 19.4. The van der Waals surface area contributed by atoms with E-state index < -0.39 is 6.36 Å². The molecule has 0 heterocycles. The summed E-state index contributed by atoms with van der Waals surface area (Å²) in [6.45, 7) is 6.17. The van der Waals surface area contributed by atoms with Gasteiger partial charge in [-0.15, -0.1) is 13.2 Å². The van der Waals surface area contributed by atoms with Crippen molar-refractivity contribution in [3.8, 4) is 0 Å². The lowest BCUT2D eigenvalue weighted by atomic mass is 9.77. The Morgan fingerprint density at radius 2 is 1.37 bits per heavy atom. The maximum atomic E-state index is 12.0. The van der Waals surface area contributed by atoms with Gasteiger partial charge in [0.25, 0.3) is 0 Å². The average Bonchev–Trinajstić information content (AvgIpc) is 2.31. The first-order chi connectivity index (χ1) is 8.83. The summed E-state index contributed by atoms with van der Waals surface area (Å²) in [4.78, 5) is 0. The van der Waals surface area contributed by atoms with Crippen molar-refractivity contribution < 1.29 is 17.9 Å². The summed E-state index contributed by atoms with van der Waals surface area (Å²) in [5, 5.41) is 0. The van der Waals surface area contributed by atoms with Crippen LogP contribution in [0, 0.1) is 5.41 Å². The Kier molecular flexibility index (Phi) is 9.50. The summed E-state index contributed by atoms with van der Waals surface area (Å²) in [5.74, 6) is 0. The van der Waals surface area contributed by atoms with E-state index >= 15 is 0 Å². The van der Waals surface area contributed by atoms with Gasteiger partial charge in [0.1, 0.15) is 0 Å². The molecule has 4 heteroatoms. The van der Waals surface area contributed by atoms with E-state index in [1.165, 1.54) is 19.3 Å². The molecular formula is C15H29F3O. The van der Waals surface area contributed by atoms with Crippen molar-refractivity contribution in [2.24, 2.45) is 5.41 Å². The monoisotopic (exact) mass is 282 g/mol. The molecule has 0 aliphatic rings. The van der Waals surface area contributed by atoms with Crippen LogP contribution in [0.15, 0.2) is 0 Å². The number of unbranched alkanes of at least 4 members (excludes halogenated alkanes) is 4. The predicted octanol–water partition coefficient (Wildman–Crippen LogP) is 6.08. The Bertz CT molecular complexity index is 216. The molecule has 0 amide bonds. The van der Waals surface area contributed by atoms with Crippen LogP contribution in [-0.4, -0.2) is 13.0 Å². The smallest absolute Gasteiger partial charge is 0.292 e. The van der Waals surface area contributed by atoms with E-state index in [1.807, 2.05) is 0 Å². The molecule has 0 rings (SSSR count). The third-order valence-electron chi connectivity index (χ3n) is 3.74. The minimum Gasteiger partial charge on any atom is -0.292 e. The molecule has 0 N–H and O–H groups in total. The number of rotatable bonds is 11. The third-order valence-corrected chi connectivity index (χ3v) is 3.74. The number of alkyl halides is 3. The van der Waals surface area contributed by atoms with Crippen molar-refractivity contribution in [1.29, 1.82) is 0 Å². The molecule has 0 radical (unpaired) electrons. The Hall–Kier alpha value is -0.250. The van der Waals surface area contributed by atoms with Crippen molar-refractivity contribution in [3.63, 3.8) is 0 Å². The normalized spacial score (nSPS) is 15.5. The summed E-state index contributed by atoms with van der Waals surface area (Å²) >= 11 is 0. The molecule has 116 valence electrons. The van der Waals surface area contributed by atoms with Crippen LogP contribution in [0.5, 0.6) is 0 Å². The lowest BCUT2D eigenvalue weighted by molar-refractivity contribution is -0.326. The van der Waals surface area contributed by atoms with Crippen molar-refractivity contribution in [3.05, 3.63) is 0 Å². The first-order valence-electron chi connectivity index (χ1n) is 7.53. The predicted molar refractivity (Wildman–Crippen MR) is 73.0 cm³/mol. The van der Waals surface area contributed by atoms with Crippen molar-refractivity contribution >= 4 is 0 Å². The van der Waals surface area contributed by atoms with Crippen LogP contribution >= 0.6 is 0 Å². The van der Waals surface area contributed by atoms with Gasteiger partial charge in [0.05, 0.1) is 6.61 Å². The second kappa shape index (κ2) is 9.62. The van der Waals surface area contributed by atoms with Crippen LogP contribution in [0.3, 0.4) is 0 Å². The zero-order valence-corrected chi connectivity index (χ0v) is 12.6. The summed E-state index contributed by atoms with van der Waals surface area (Å²) < 4.78 is 40.0. The average molecular weight is 282 g/mol. The maximum Gasteiger partial charge on any atom is 0.522 e. The van der Waals surface area contributed by atoms with E-state index in [4.69, 9.17) is 0 Å². The van der Waals surface area contributed by atoms with Gasteiger partial charge < -0.3 is 0 Å². The van der Waals surface area contributed by atoms with E-state index in [-0.39, 0.29) is 12.0 Å². The lowest BCUT2D eigenvalue weighted by Crippen LogP contribution is -2.22. The minimum absolute atomic E-state index is 0.00496. The Balaban J connectivity index is 4.09. The Labute approximate surface area is 115 Å². The van der Waals surface area contributed by atoms with Crippen LogP contribution in [0.4, 0.5) is 13.2 Å². The van der Waals surface area contributed by atoms with Gasteiger partial charge in [-0.2, -0.15) is 0 Å². The zero-order valence-electron chi connectivity index (χ0n) is 12.6. The van der Waals surface area contributed by atoms with Crippen molar-refractivity contribution in [1.82, 2.24) is 0 Å². The minimum atomic E-state index is -4.49. The standard InChI is InChI=1S/C15H29F3O/c1-4-6-8-9-11-14(3,10-7-5-2)12-13-19-15(16,17)18/h4-13H2,1-3H3. The van der Waals surface area contributed by atoms with Gasteiger partial charge in [-0.05, 0) is 24.7 Å². The van der Waals surface area contributed by atoms with Gasteiger partial charge in [0.15, 0.2) is 0 Å². The second-order valence-corrected chi connectivity index (χ2v) is 5.77. The first-order valence-corrected chi connectivity index (χ1v) is 7.53. The summed E-state index contributed by atoms with van der Waals surface area (Å²) in [5.41, 5.74) is -0.00496. The Morgan fingerprint density at radius 3 is 1.89 bits per heavy atom. The van der Waals surface area contributed by atoms with Gasteiger partial charge in [0.2, 0.25) is 0 Å². The van der Waals surface area contributed by atoms with Crippen molar-refractivity contribution in [2.75, 3.05) is 6.61 Å². The number of hydrogen-bond acceptors (Lipinski definition) is 1. The summed E-state index contributed by atoms with van der Waals surface area (Å²) in [6.07, 6.45) is 4.86. The molecule has 0 aromatic rings. The molecule has 0 aromatic heterocycles. The summed E-state index contributed by atoms with van der Waals surface area (Å²) in [6, 6.07) is 0. The molecule has 0 spiro atoms. The fourth-order valence-electron chi connectivity index (χ4n) is 2.37. The molecular weight excluding hydrogens is 253 g/mol. The SMILES string of the molecule is CCCCCCC(C)(CCCC)CCOC(F)(F)F. The van der Waals surface area contributed by atoms with Crippen molar-refractivity contribution in [2.45, 2.75) is 84.9 Å². The molecule has 0 saturated carbocycles. The largest absolute Gasteiger partial charge is 0.522 e. The van der Waals surface area contributed by atoms with E-state index in [1.54, 1.807) is 0 Å². The highest BCUT2D eigenvalue weighted by Gasteiger charge is 2.31. The highest BCUT2D eigenvalue weighted by Crippen LogP contribution is 2.35. The molecule has 0 aliphatic heterocycles. The van der Waals surface area contributed by atoms with Crippen LogP contribution in [0.2, 0.25) is 0 Å². The van der Waals surface area contributed by atoms with E-state index in [9.17, 15) is 13.2 Å². The van der Waals surface area contributed by atoms with Gasteiger partial charge in [-0.1, -0.05) is 59.3 Å². The molecule has 0 saturated heterocycles. The second-order valence-electron chi connectivity index (χ2n) is 5.77. The summed E-state index contributed by atoms with van der Waals surface area (Å²) in [7, 11) is 0. The zero-order chi connectivity index (χ0) is 14.8. The molecule has 0 bridgehead atoms.